The van der Waals surface area contributed by atoms with Gasteiger partial charge in [-0.1, -0.05) is 160 Å². The van der Waals surface area contributed by atoms with Crippen LogP contribution in [0.15, 0.2) is 30.3 Å². The summed E-state index contributed by atoms with van der Waals surface area (Å²) in [5.74, 6) is -0.653. The number of fused-ring (bicyclic) bond motifs is 1. The van der Waals surface area contributed by atoms with E-state index in [4.69, 9.17) is 0 Å². The molecule has 0 heterocycles. The van der Waals surface area contributed by atoms with Crippen LogP contribution in [0.25, 0.3) is 5.57 Å². The van der Waals surface area contributed by atoms with Gasteiger partial charge in [-0.25, -0.2) is 0 Å². The molecule has 3 heteroatoms. The minimum Gasteiger partial charge on any atom is -0.480 e. The van der Waals surface area contributed by atoms with Gasteiger partial charge in [0, 0.05) is 0 Å². The molecule has 1 aliphatic rings. The number of carboxylic acid groups (broad SMARTS) is 1. The lowest BCUT2D eigenvalue weighted by molar-refractivity contribution is -0.143. The van der Waals surface area contributed by atoms with Gasteiger partial charge in [-0.15, -0.1) is 0 Å². The minimum atomic E-state index is -0.653. The third-order valence-corrected chi connectivity index (χ3v) is 8.67. The van der Waals surface area contributed by atoms with Crippen molar-refractivity contribution >= 4 is 11.5 Å². The summed E-state index contributed by atoms with van der Waals surface area (Å²) >= 11 is 0. The van der Waals surface area contributed by atoms with Crippen LogP contribution >= 0.6 is 0 Å². The number of allylic oxidation sites excluding steroid dienone is 1. The Bertz CT molecular complexity index is 762. The van der Waals surface area contributed by atoms with E-state index in [1.54, 1.807) is 0 Å². The van der Waals surface area contributed by atoms with Gasteiger partial charge < -0.3 is 5.11 Å². The predicted molar refractivity (Wildman–Crippen MR) is 169 cm³/mol. The van der Waals surface area contributed by atoms with Crippen LogP contribution in [0.2, 0.25) is 0 Å². The molecule has 3 nitrogen and oxygen atoms in total. The van der Waals surface area contributed by atoms with Crippen molar-refractivity contribution in [3.8, 4) is 0 Å². The Labute approximate surface area is 241 Å². The first-order valence-corrected chi connectivity index (χ1v) is 16.9. The highest BCUT2D eigenvalue weighted by atomic mass is 16.4. The predicted octanol–water partition coefficient (Wildman–Crippen LogP) is 10.6. The van der Waals surface area contributed by atoms with E-state index in [0.29, 0.717) is 6.42 Å². The van der Waals surface area contributed by atoms with Gasteiger partial charge >= 0.3 is 5.97 Å². The van der Waals surface area contributed by atoms with E-state index in [1.807, 2.05) is 0 Å². The van der Waals surface area contributed by atoms with E-state index in [9.17, 15) is 9.90 Å². The molecule has 0 saturated heterocycles. The lowest BCUT2D eigenvalue weighted by Crippen LogP contribution is -2.42. The van der Waals surface area contributed by atoms with E-state index < -0.39 is 12.0 Å². The first-order chi connectivity index (χ1) is 19.2. The molecule has 1 unspecified atom stereocenters. The number of hydrogen-bond donors (Lipinski definition) is 1. The maximum Gasteiger partial charge on any atom is 0.321 e. The van der Waals surface area contributed by atoms with E-state index in [1.165, 1.54) is 132 Å². The van der Waals surface area contributed by atoms with Gasteiger partial charge in [-0.3, -0.25) is 9.69 Å². The number of carbonyl (C=O) groups is 1. The summed E-state index contributed by atoms with van der Waals surface area (Å²) in [6.45, 7) is 6.39. The molecule has 0 amide bonds. The molecule has 0 aromatic heterocycles. The van der Waals surface area contributed by atoms with Crippen molar-refractivity contribution in [3.63, 3.8) is 0 Å². The molecule has 0 fully saturated rings. The van der Waals surface area contributed by atoms with E-state index in [2.05, 4.69) is 49.1 Å². The first-order valence-electron chi connectivity index (χ1n) is 16.9. The first kappa shape index (κ1) is 33.6. The highest BCUT2D eigenvalue weighted by molar-refractivity contribution is 5.80. The van der Waals surface area contributed by atoms with Crippen LogP contribution in [-0.2, 0) is 11.2 Å². The fourth-order valence-corrected chi connectivity index (χ4v) is 6.16. The molecule has 1 atom stereocenters. The average Bonchev–Trinajstić information content (AvgIpc) is 3.35. The third kappa shape index (κ3) is 14.5. The van der Waals surface area contributed by atoms with Gasteiger partial charge in [0.05, 0.1) is 0 Å². The van der Waals surface area contributed by atoms with Crippen LogP contribution in [0.1, 0.15) is 160 Å². The zero-order chi connectivity index (χ0) is 28.0. The molecule has 0 bridgehead atoms. The van der Waals surface area contributed by atoms with Crippen LogP contribution < -0.4 is 0 Å². The Morgan fingerprint density at radius 2 is 1.13 bits per heavy atom. The monoisotopic (exact) mass is 539 g/mol. The SMILES string of the molecule is CCCCCCCCCCCCN(CCCCCCCCCCCC)C(CC1=CCc2ccccc21)C(=O)O. The zero-order valence-electron chi connectivity index (χ0n) is 25.7. The Morgan fingerprint density at radius 3 is 1.59 bits per heavy atom. The molecular formula is C36H61NO2. The molecule has 1 aromatic rings. The lowest BCUT2D eigenvalue weighted by atomic mass is 9.98. The fraction of sp³-hybridized carbons (Fsp3) is 0.750. The highest BCUT2D eigenvalue weighted by Gasteiger charge is 2.28. The van der Waals surface area contributed by atoms with Crippen molar-refractivity contribution in [1.29, 1.82) is 0 Å². The van der Waals surface area contributed by atoms with E-state index in [-0.39, 0.29) is 0 Å². The molecular weight excluding hydrogens is 478 g/mol. The maximum atomic E-state index is 12.5. The van der Waals surface area contributed by atoms with Gasteiger partial charge in [-0.2, -0.15) is 0 Å². The second-order valence-electron chi connectivity index (χ2n) is 12.0. The molecule has 1 aliphatic carbocycles. The number of hydrogen-bond acceptors (Lipinski definition) is 2. The largest absolute Gasteiger partial charge is 0.480 e. The second-order valence-corrected chi connectivity index (χ2v) is 12.0. The van der Waals surface area contributed by atoms with E-state index >= 15 is 0 Å². The molecule has 0 radical (unpaired) electrons. The van der Waals surface area contributed by atoms with Gasteiger partial charge in [-0.05, 0) is 55.5 Å². The molecule has 2 rings (SSSR count). The number of carboxylic acids is 1. The summed E-state index contributed by atoms with van der Waals surface area (Å²) in [6.07, 6.45) is 30.2. The Kier molecular flexibility index (Phi) is 19.1. The number of unbranched alkanes of at least 4 members (excludes halogenated alkanes) is 18. The van der Waals surface area contributed by atoms with Crippen LogP contribution in [0.5, 0.6) is 0 Å². The van der Waals surface area contributed by atoms with Crippen LogP contribution in [0.3, 0.4) is 0 Å². The Hall–Kier alpha value is -1.61. The molecule has 1 N–H and O–H groups in total. The molecule has 222 valence electrons. The summed E-state index contributed by atoms with van der Waals surface area (Å²) in [6, 6.07) is 8.10. The number of rotatable bonds is 26. The summed E-state index contributed by atoms with van der Waals surface area (Å²) in [5.41, 5.74) is 3.84. The van der Waals surface area contributed by atoms with E-state index in [0.717, 1.165) is 32.4 Å². The molecule has 39 heavy (non-hydrogen) atoms. The highest BCUT2D eigenvalue weighted by Crippen LogP contribution is 2.32. The van der Waals surface area contributed by atoms with Gasteiger partial charge in [0.25, 0.3) is 0 Å². The van der Waals surface area contributed by atoms with Crippen molar-refractivity contribution in [2.45, 2.75) is 161 Å². The maximum absolute atomic E-state index is 12.5. The van der Waals surface area contributed by atoms with Crippen molar-refractivity contribution in [2.24, 2.45) is 0 Å². The lowest BCUT2D eigenvalue weighted by Gasteiger charge is -2.29. The van der Waals surface area contributed by atoms with Gasteiger partial charge in [0.2, 0.25) is 0 Å². The summed E-state index contributed by atoms with van der Waals surface area (Å²) < 4.78 is 0. The molecule has 0 saturated carbocycles. The molecule has 0 aliphatic heterocycles. The smallest absolute Gasteiger partial charge is 0.321 e. The quantitative estimate of drug-likeness (QED) is 0.119. The summed E-state index contributed by atoms with van der Waals surface area (Å²) in [5, 5.41) is 10.3. The average molecular weight is 540 g/mol. The van der Waals surface area contributed by atoms with Gasteiger partial charge in [0.1, 0.15) is 6.04 Å². The molecule has 0 spiro atoms. The van der Waals surface area contributed by atoms with Crippen LogP contribution in [0, 0.1) is 0 Å². The zero-order valence-corrected chi connectivity index (χ0v) is 25.7. The van der Waals surface area contributed by atoms with Crippen molar-refractivity contribution in [2.75, 3.05) is 13.1 Å². The number of aliphatic carboxylic acids is 1. The summed E-state index contributed by atoms with van der Waals surface area (Å²) in [4.78, 5) is 14.9. The number of nitrogens with zero attached hydrogens (tertiary/aromatic N) is 1. The summed E-state index contributed by atoms with van der Waals surface area (Å²) in [7, 11) is 0. The van der Waals surface area contributed by atoms with Crippen LogP contribution in [-0.4, -0.2) is 35.1 Å². The second kappa shape index (κ2) is 22.1. The van der Waals surface area contributed by atoms with Crippen molar-refractivity contribution in [3.05, 3.63) is 41.5 Å². The molecule has 1 aromatic carbocycles. The third-order valence-electron chi connectivity index (χ3n) is 8.67. The van der Waals surface area contributed by atoms with Gasteiger partial charge in [0.15, 0.2) is 0 Å². The standard InChI is InChI=1S/C36H61NO2/c1-3-5-7-9-11-13-15-17-19-23-29-37(30-24-20-18-16-14-12-10-8-6-4-2)35(36(38)39)31-33-28-27-32-25-21-22-26-34(32)33/h21-22,25-26,28,35H,3-20,23-24,27,29-31H2,1-2H3,(H,38,39). The fourth-order valence-electron chi connectivity index (χ4n) is 6.16. The van der Waals surface area contributed by atoms with Crippen LogP contribution in [0.4, 0.5) is 0 Å². The minimum absolute atomic E-state index is 0.417. The Morgan fingerprint density at radius 1 is 0.692 bits per heavy atom. The topological polar surface area (TPSA) is 40.5 Å². The van der Waals surface area contributed by atoms with Crippen molar-refractivity contribution < 1.29 is 9.90 Å². The normalized spacial score (nSPS) is 13.6. The van der Waals surface area contributed by atoms with Crippen molar-refractivity contribution in [1.82, 2.24) is 4.90 Å². The Balaban J connectivity index is 1.79. The number of benzene rings is 1.